The molecule has 0 saturated heterocycles. The maximum atomic E-state index is 12.2. The van der Waals surface area contributed by atoms with Crippen LogP contribution in [0.5, 0.6) is 0 Å². The first-order chi connectivity index (χ1) is 13.8. The molecule has 0 aliphatic heterocycles. The molecule has 0 atom stereocenters. The zero-order valence-corrected chi connectivity index (χ0v) is 17.6. The fourth-order valence-corrected chi connectivity index (χ4v) is 3.59. The summed E-state index contributed by atoms with van der Waals surface area (Å²) in [6.07, 6.45) is 1.90. The van der Waals surface area contributed by atoms with E-state index in [1.54, 1.807) is 0 Å². The quantitative estimate of drug-likeness (QED) is 0.470. The lowest BCUT2D eigenvalue weighted by Gasteiger charge is -2.08. The van der Waals surface area contributed by atoms with Crippen LogP contribution < -0.4 is 10.9 Å². The van der Waals surface area contributed by atoms with E-state index >= 15 is 0 Å². The molecule has 5 heteroatoms. The van der Waals surface area contributed by atoms with E-state index in [0.717, 1.165) is 57.4 Å². The van der Waals surface area contributed by atoms with Crippen LogP contribution in [0.15, 0.2) is 44.1 Å². The molecule has 0 aliphatic carbocycles. The van der Waals surface area contributed by atoms with E-state index in [9.17, 15) is 4.79 Å². The van der Waals surface area contributed by atoms with Crippen molar-refractivity contribution in [1.29, 1.82) is 0 Å². The van der Waals surface area contributed by atoms with Crippen LogP contribution in [0.25, 0.3) is 33.3 Å². The molecular weight excluding hydrogens is 364 g/mol. The number of furan rings is 1. The van der Waals surface area contributed by atoms with Gasteiger partial charge in [0, 0.05) is 35.1 Å². The molecule has 5 nitrogen and oxygen atoms in total. The molecule has 4 aromatic rings. The van der Waals surface area contributed by atoms with Crippen LogP contribution in [-0.4, -0.2) is 11.5 Å². The summed E-state index contributed by atoms with van der Waals surface area (Å²) in [5.74, 6) is 1.23. The largest absolute Gasteiger partial charge is 0.454 e. The Bertz CT molecular complexity index is 1260. The average molecular weight is 390 g/mol. The van der Waals surface area contributed by atoms with Crippen LogP contribution in [0.2, 0.25) is 0 Å². The Kier molecular flexibility index (Phi) is 5.01. The molecule has 150 valence electrons. The number of rotatable bonds is 5. The predicted octanol–water partition coefficient (Wildman–Crippen LogP) is 5.27. The van der Waals surface area contributed by atoms with Gasteiger partial charge in [0.2, 0.25) is 0 Å². The van der Waals surface area contributed by atoms with Gasteiger partial charge in [-0.15, -0.1) is 0 Å². The molecular formula is C24H26N2O3. The zero-order chi connectivity index (χ0) is 20.7. The number of nitrogens with zero attached hydrogens (tertiary/aromatic N) is 1. The molecule has 0 fully saturated rings. The van der Waals surface area contributed by atoms with Crippen molar-refractivity contribution in [1.82, 2.24) is 10.3 Å². The van der Waals surface area contributed by atoms with Crippen molar-refractivity contribution in [2.75, 3.05) is 6.54 Å². The van der Waals surface area contributed by atoms with Gasteiger partial charge >= 0.3 is 5.63 Å². The van der Waals surface area contributed by atoms with Crippen LogP contribution >= 0.6 is 0 Å². The van der Waals surface area contributed by atoms with Gasteiger partial charge in [-0.25, -0.2) is 4.79 Å². The SMILES string of the molecule is Cc1cc2oc(=O)cc(-c3cc4c(CNCC(C)C)cnc(C)c4o3)c2cc1C. The van der Waals surface area contributed by atoms with E-state index in [-0.39, 0.29) is 5.63 Å². The third-order valence-electron chi connectivity index (χ3n) is 5.31. The molecule has 29 heavy (non-hydrogen) atoms. The molecule has 0 bridgehead atoms. The van der Waals surface area contributed by atoms with E-state index in [0.29, 0.717) is 17.3 Å². The van der Waals surface area contributed by atoms with Crippen LogP contribution in [0.3, 0.4) is 0 Å². The van der Waals surface area contributed by atoms with Gasteiger partial charge < -0.3 is 14.2 Å². The lowest BCUT2D eigenvalue weighted by Crippen LogP contribution is -2.19. The van der Waals surface area contributed by atoms with E-state index < -0.39 is 0 Å². The molecule has 0 unspecified atom stereocenters. The van der Waals surface area contributed by atoms with Gasteiger partial charge in [0.15, 0.2) is 5.58 Å². The highest BCUT2D eigenvalue weighted by Crippen LogP contribution is 2.35. The molecule has 0 saturated carbocycles. The van der Waals surface area contributed by atoms with E-state index in [1.165, 1.54) is 6.07 Å². The first kappa shape index (κ1) is 19.4. The number of hydrogen-bond acceptors (Lipinski definition) is 5. The van der Waals surface area contributed by atoms with Gasteiger partial charge in [-0.1, -0.05) is 13.8 Å². The molecule has 0 radical (unpaired) electrons. The Morgan fingerprint density at radius 3 is 2.52 bits per heavy atom. The van der Waals surface area contributed by atoms with Crippen LogP contribution in [0, 0.1) is 26.7 Å². The van der Waals surface area contributed by atoms with E-state index in [2.05, 4.69) is 31.1 Å². The highest BCUT2D eigenvalue weighted by atomic mass is 16.4. The summed E-state index contributed by atoms with van der Waals surface area (Å²) in [5.41, 5.74) is 5.83. The second kappa shape index (κ2) is 7.48. The molecule has 0 spiro atoms. The molecule has 0 amide bonds. The molecule has 4 rings (SSSR count). The highest BCUT2D eigenvalue weighted by Gasteiger charge is 2.17. The average Bonchev–Trinajstić information content (AvgIpc) is 3.10. The summed E-state index contributed by atoms with van der Waals surface area (Å²) in [4.78, 5) is 16.7. The lowest BCUT2D eigenvalue weighted by molar-refractivity contribution is 0.552. The number of nitrogens with one attached hydrogen (secondary N) is 1. The topological polar surface area (TPSA) is 68.3 Å². The third-order valence-corrected chi connectivity index (χ3v) is 5.31. The maximum Gasteiger partial charge on any atom is 0.336 e. The Morgan fingerprint density at radius 2 is 1.76 bits per heavy atom. The molecule has 3 heterocycles. The minimum absolute atomic E-state index is 0.384. The van der Waals surface area contributed by atoms with Crippen molar-refractivity contribution < 1.29 is 8.83 Å². The van der Waals surface area contributed by atoms with Gasteiger partial charge in [0.05, 0.1) is 5.69 Å². The zero-order valence-electron chi connectivity index (χ0n) is 17.6. The highest BCUT2D eigenvalue weighted by molar-refractivity contribution is 5.96. The van der Waals surface area contributed by atoms with Crippen molar-refractivity contribution >= 4 is 21.9 Å². The first-order valence-electron chi connectivity index (χ1n) is 9.97. The van der Waals surface area contributed by atoms with Crippen LogP contribution in [0.4, 0.5) is 0 Å². The number of pyridine rings is 1. The summed E-state index contributed by atoms with van der Waals surface area (Å²) in [6.45, 7) is 12.0. The summed E-state index contributed by atoms with van der Waals surface area (Å²) >= 11 is 0. The molecule has 3 aromatic heterocycles. The van der Waals surface area contributed by atoms with Gasteiger partial charge in [-0.3, -0.25) is 4.98 Å². The summed E-state index contributed by atoms with van der Waals surface area (Å²) < 4.78 is 11.7. The summed E-state index contributed by atoms with van der Waals surface area (Å²) in [7, 11) is 0. The van der Waals surface area contributed by atoms with Gasteiger partial charge in [0.1, 0.15) is 11.3 Å². The Labute approximate surface area is 169 Å². The van der Waals surface area contributed by atoms with Crippen molar-refractivity contribution in [3.05, 3.63) is 63.3 Å². The second-order valence-electron chi connectivity index (χ2n) is 8.16. The van der Waals surface area contributed by atoms with Gasteiger partial charge in [0.25, 0.3) is 0 Å². The molecule has 0 aliphatic rings. The van der Waals surface area contributed by atoms with E-state index in [1.807, 2.05) is 38.2 Å². The van der Waals surface area contributed by atoms with Gasteiger partial charge in [-0.05, 0) is 68.1 Å². The molecule has 1 N–H and O–H groups in total. The summed E-state index contributed by atoms with van der Waals surface area (Å²) in [5, 5.41) is 5.36. The molecule has 1 aromatic carbocycles. The van der Waals surface area contributed by atoms with Gasteiger partial charge in [-0.2, -0.15) is 0 Å². The van der Waals surface area contributed by atoms with Crippen LogP contribution in [-0.2, 0) is 6.54 Å². The normalized spacial score (nSPS) is 11.8. The fourth-order valence-electron chi connectivity index (χ4n) is 3.59. The fraction of sp³-hybridized carbons (Fsp3) is 0.333. The van der Waals surface area contributed by atoms with Crippen molar-refractivity contribution in [3.8, 4) is 11.3 Å². The Hall–Kier alpha value is -2.92. The standard InChI is InChI=1S/C24H26N2O3/c1-13(2)10-25-11-17-12-26-16(5)24-18(17)8-22(29-24)20-9-23(27)28-21-7-15(4)14(3)6-19(20)21/h6-9,12-13,25H,10-11H2,1-5H3. The van der Waals surface area contributed by atoms with Crippen molar-refractivity contribution in [2.45, 2.75) is 41.2 Å². The number of benzene rings is 1. The Balaban J connectivity index is 1.88. The first-order valence-corrected chi connectivity index (χ1v) is 9.97. The number of hydrogen-bond donors (Lipinski definition) is 1. The minimum Gasteiger partial charge on any atom is -0.454 e. The minimum atomic E-state index is -0.384. The lowest BCUT2D eigenvalue weighted by atomic mass is 10.0. The maximum absolute atomic E-state index is 12.2. The van der Waals surface area contributed by atoms with E-state index in [4.69, 9.17) is 8.83 Å². The van der Waals surface area contributed by atoms with Crippen molar-refractivity contribution in [2.24, 2.45) is 5.92 Å². The second-order valence-corrected chi connectivity index (χ2v) is 8.16. The summed E-state index contributed by atoms with van der Waals surface area (Å²) in [6, 6.07) is 7.48. The Morgan fingerprint density at radius 1 is 1.00 bits per heavy atom. The smallest absolute Gasteiger partial charge is 0.336 e. The third kappa shape index (κ3) is 3.70. The van der Waals surface area contributed by atoms with Crippen molar-refractivity contribution in [3.63, 3.8) is 0 Å². The number of aryl methyl sites for hydroxylation is 3. The monoisotopic (exact) mass is 390 g/mol. The number of aromatic nitrogens is 1. The number of fused-ring (bicyclic) bond motifs is 2. The predicted molar refractivity (Wildman–Crippen MR) is 116 cm³/mol. The van der Waals surface area contributed by atoms with Crippen LogP contribution in [0.1, 0.15) is 36.2 Å².